The summed E-state index contributed by atoms with van der Waals surface area (Å²) in [6, 6.07) is 16.9. The number of thioether (sulfide) groups is 1. The first kappa shape index (κ1) is 18.1. The molecule has 2 heterocycles. The maximum atomic E-state index is 5.41. The highest BCUT2D eigenvalue weighted by Gasteiger charge is 2.22. The number of rotatable bonds is 2. The molecular weight excluding hydrogens is 443 g/mol. The van der Waals surface area contributed by atoms with Crippen LogP contribution in [0.4, 0.5) is 5.69 Å². The summed E-state index contributed by atoms with van der Waals surface area (Å²) in [7, 11) is 5.90. The van der Waals surface area contributed by atoms with Crippen molar-refractivity contribution in [2.24, 2.45) is 7.05 Å². The van der Waals surface area contributed by atoms with Gasteiger partial charge < -0.3 is 33.6 Å². The highest BCUT2D eigenvalue weighted by atomic mass is 127. The zero-order chi connectivity index (χ0) is 16.7. The van der Waals surface area contributed by atoms with E-state index in [4.69, 9.17) is 4.74 Å². The fourth-order valence-electron chi connectivity index (χ4n) is 3.05. The van der Waals surface area contributed by atoms with Crippen LogP contribution in [-0.4, -0.2) is 14.2 Å². The highest BCUT2D eigenvalue weighted by molar-refractivity contribution is 8.03. The molecular formula is C20H19IN2OS. The Morgan fingerprint density at radius 2 is 1.92 bits per heavy atom. The third kappa shape index (κ3) is 3.22. The molecule has 0 N–H and O–H groups in total. The van der Waals surface area contributed by atoms with E-state index in [-0.39, 0.29) is 24.0 Å². The molecule has 1 aliphatic heterocycles. The van der Waals surface area contributed by atoms with E-state index >= 15 is 0 Å². The molecule has 25 heavy (non-hydrogen) atoms. The first-order chi connectivity index (χ1) is 11.7. The van der Waals surface area contributed by atoms with Gasteiger partial charge in [-0.15, -0.1) is 0 Å². The number of aryl methyl sites for hydroxylation is 1. The van der Waals surface area contributed by atoms with Crippen molar-refractivity contribution < 1.29 is 33.3 Å². The lowest BCUT2D eigenvalue weighted by atomic mass is 10.1. The molecule has 3 nitrogen and oxygen atoms in total. The molecule has 2 aromatic carbocycles. The van der Waals surface area contributed by atoms with Crippen LogP contribution in [0.1, 0.15) is 5.56 Å². The van der Waals surface area contributed by atoms with E-state index in [9.17, 15) is 0 Å². The molecule has 0 fully saturated rings. The molecule has 0 spiro atoms. The lowest BCUT2D eigenvalue weighted by Crippen LogP contribution is -3.00. The van der Waals surface area contributed by atoms with Crippen molar-refractivity contribution in [3.05, 3.63) is 65.3 Å². The number of hydrogen-bond donors (Lipinski definition) is 0. The Morgan fingerprint density at radius 1 is 1.12 bits per heavy atom. The van der Waals surface area contributed by atoms with Crippen molar-refractivity contribution in [3.63, 3.8) is 0 Å². The van der Waals surface area contributed by atoms with E-state index in [0.717, 1.165) is 5.75 Å². The van der Waals surface area contributed by atoms with Crippen LogP contribution in [0.15, 0.2) is 64.7 Å². The van der Waals surface area contributed by atoms with E-state index in [2.05, 4.69) is 78.3 Å². The minimum atomic E-state index is 0. The second-order valence-corrected chi connectivity index (χ2v) is 6.94. The molecule has 1 aliphatic rings. The minimum absolute atomic E-state index is 0. The van der Waals surface area contributed by atoms with Gasteiger partial charge in [-0.2, -0.15) is 0 Å². The molecule has 0 amide bonds. The predicted octanol–water partition coefficient (Wildman–Crippen LogP) is 1.22. The van der Waals surface area contributed by atoms with Crippen LogP contribution >= 0.6 is 11.8 Å². The number of halogens is 1. The summed E-state index contributed by atoms with van der Waals surface area (Å²) < 4.78 is 7.55. The average molecular weight is 462 g/mol. The number of para-hydroxylation sites is 1. The summed E-state index contributed by atoms with van der Waals surface area (Å²) in [6.45, 7) is 0. The summed E-state index contributed by atoms with van der Waals surface area (Å²) in [4.78, 5) is 3.55. The number of pyridine rings is 1. The van der Waals surface area contributed by atoms with E-state index in [1.54, 1.807) is 7.11 Å². The molecule has 0 aliphatic carbocycles. The fourth-order valence-corrected chi connectivity index (χ4v) is 4.15. The van der Waals surface area contributed by atoms with Gasteiger partial charge in [-0.3, -0.25) is 0 Å². The van der Waals surface area contributed by atoms with Crippen LogP contribution in [0.25, 0.3) is 17.0 Å². The molecule has 0 atom stereocenters. The third-order valence-electron chi connectivity index (χ3n) is 4.42. The fraction of sp³-hybridized carbons (Fsp3) is 0.150. The highest BCUT2D eigenvalue weighted by Crippen LogP contribution is 2.45. The van der Waals surface area contributed by atoms with E-state index < -0.39 is 0 Å². The van der Waals surface area contributed by atoms with Gasteiger partial charge in [-0.05, 0) is 35.9 Å². The van der Waals surface area contributed by atoms with Crippen LogP contribution < -0.4 is 38.2 Å². The first-order valence-electron chi connectivity index (χ1n) is 7.86. The number of anilines is 1. The van der Waals surface area contributed by atoms with Crippen LogP contribution in [-0.2, 0) is 7.05 Å². The van der Waals surface area contributed by atoms with Gasteiger partial charge in [0.25, 0.3) is 0 Å². The molecule has 0 saturated heterocycles. The van der Waals surface area contributed by atoms with Gasteiger partial charge in [0.1, 0.15) is 12.8 Å². The monoisotopic (exact) mass is 462 g/mol. The maximum absolute atomic E-state index is 5.41. The van der Waals surface area contributed by atoms with Gasteiger partial charge in [-0.25, -0.2) is 4.57 Å². The van der Waals surface area contributed by atoms with Gasteiger partial charge in [0.05, 0.1) is 23.2 Å². The molecule has 0 saturated carbocycles. The topological polar surface area (TPSA) is 16.4 Å². The SMILES string of the molecule is COc1ccc2c(c1)c(/C=C1\Sc3ccccc3N1C)cc[n+]2C.[I-]. The Hall–Kier alpha value is -1.73. The number of fused-ring (bicyclic) bond motifs is 2. The smallest absolute Gasteiger partial charge is 0.213 e. The lowest BCUT2D eigenvalue weighted by Gasteiger charge is -2.13. The number of hydrogen-bond acceptors (Lipinski definition) is 3. The van der Waals surface area contributed by atoms with Crippen molar-refractivity contribution in [3.8, 4) is 5.75 Å². The molecule has 0 radical (unpaired) electrons. The van der Waals surface area contributed by atoms with Crippen molar-refractivity contribution in [1.29, 1.82) is 0 Å². The minimum Gasteiger partial charge on any atom is -1.00 e. The number of methoxy groups -OCH3 is 1. The number of benzene rings is 2. The Labute approximate surface area is 169 Å². The maximum Gasteiger partial charge on any atom is 0.213 e. The predicted molar refractivity (Wildman–Crippen MR) is 100 cm³/mol. The normalized spacial score (nSPS) is 14.5. The van der Waals surface area contributed by atoms with Gasteiger partial charge in [-0.1, -0.05) is 23.9 Å². The van der Waals surface area contributed by atoms with E-state index in [1.165, 1.54) is 32.1 Å². The summed E-state index contributed by atoms with van der Waals surface area (Å²) in [5.74, 6) is 0.879. The summed E-state index contributed by atoms with van der Waals surface area (Å²) in [5.41, 5.74) is 3.65. The largest absolute Gasteiger partial charge is 1.00 e. The zero-order valence-electron chi connectivity index (χ0n) is 14.4. The standard InChI is InChI=1S/C20H19N2OS.HI/c1-21-11-10-14(16-13-15(23-3)8-9-17(16)21)12-20-22(2)18-6-4-5-7-19(18)24-20;/h4-13H,1-3H3;1H/q+1;/p-1. The van der Waals surface area contributed by atoms with Crippen LogP contribution in [0.5, 0.6) is 5.75 Å². The lowest BCUT2D eigenvalue weighted by molar-refractivity contribution is -0.644. The number of ether oxygens (including phenoxy) is 1. The van der Waals surface area contributed by atoms with Crippen molar-refractivity contribution in [1.82, 2.24) is 0 Å². The number of nitrogens with zero attached hydrogens (tertiary/aromatic N) is 2. The quantitative estimate of drug-likeness (QED) is 0.421. The number of aromatic nitrogens is 1. The Bertz CT molecular complexity index is 971. The van der Waals surface area contributed by atoms with Crippen molar-refractivity contribution >= 4 is 34.4 Å². The average Bonchev–Trinajstić information content (AvgIpc) is 2.93. The van der Waals surface area contributed by atoms with Gasteiger partial charge >= 0.3 is 0 Å². The molecule has 3 aromatic rings. The Morgan fingerprint density at radius 3 is 2.68 bits per heavy atom. The second kappa shape index (κ2) is 7.25. The molecule has 5 heteroatoms. The Balaban J connectivity index is 0.00000182. The van der Waals surface area contributed by atoms with Crippen LogP contribution in [0.3, 0.4) is 0 Å². The van der Waals surface area contributed by atoms with Crippen LogP contribution in [0.2, 0.25) is 0 Å². The summed E-state index contributed by atoms with van der Waals surface area (Å²) in [5, 5.41) is 2.42. The van der Waals surface area contributed by atoms with E-state index in [1.807, 2.05) is 17.8 Å². The van der Waals surface area contributed by atoms with Crippen molar-refractivity contribution in [2.45, 2.75) is 4.90 Å². The van der Waals surface area contributed by atoms with Crippen LogP contribution in [0, 0.1) is 0 Å². The molecule has 0 unspecified atom stereocenters. The van der Waals surface area contributed by atoms with Gasteiger partial charge in [0.15, 0.2) is 6.20 Å². The van der Waals surface area contributed by atoms with Gasteiger partial charge in [0, 0.05) is 24.1 Å². The molecule has 4 rings (SSSR count). The first-order valence-corrected chi connectivity index (χ1v) is 8.68. The van der Waals surface area contributed by atoms with Gasteiger partial charge in [0.2, 0.25) is 5.52 Å². The summed E-state index contributed by atoms with van der Waals surface area (Å²) in [6.07, 6.45) is 4.36. The Kier molecular flexibility index (Phi) is 5.24. The van der Waals surface area contributed by atoms with E-state index in [0.29, 0.717) is 0 Å². The second-order valence-electron chi connectivity index (χ2n) is 5.88. The zero-order valence-corrected chi connectivity index (χ0v) is 17.3. The molecule has 1 aromatic heterocycles. The molecule has 0 bridgehead atoms. The third-order valence-corrected chi connectivity index (χ3v) is 5.59. The summed E-state index contributed by atoms with van der Waals surface area (Å²) >= 11 is 1.81. The molecule has 128 valence electrons. The van der Waals surface area contributed by atoms with Crippen molar-refractivity contribution in [2.75, 3.05) is 19.1 Å².